The van der Waals surface area contributed by atoms with Crippen LogP contribution in [0.25, 0.3) is 0 Å². The van der Waals surface area contributed by atoms with Crippen molar-refractivity contribution in [3.05, 3.63) is 28.5 Å². The van der Waals surface area contributed by atoms with Gasteiger partial charge in [-0.15, -0.1) is 0 Å². The zero-order chi connectivity index (χ0) is 13.7. The van der Waals surface area contributed by atoms with Gasteiger partial charge in [0.2, 0.25) is 5.91 Å². The molecule has 1 aliphatic heterocycles. The largest absolute Gasteiger partial charge is 0.325 e. The molecule has 2 rings (SSSR count). The van der Waals surface area contributed by atoms with Crippen LogP contribution in [0.15, 0.2) is 22.7 Å². The van der Waals surface area contributed by atoms with E-state index in [9.17, 15) is 9.18 Å². The number of rotatable bonds is 4. The third kappa shape index (κ3) is 4.58. The van der Waals surface area contributed by atoms with Gasteiger partial charge in [-0.2, -0.15) is 0 Å². The lowest BCUT2D eigenvalue weighted by molar-refractivity contribution is -0.116. The van der Waals surface area contributed by atoms with Crippen molar-refractivity contribution in [3.63, 3.8) is 0 Å². The lowest BCUT2D eigenvalue weighted by Crippen LogP contribution is -2.34. The van der Waals surface area contributed by atoms with Crippen LogP contribution in [0, 0.1) is 5.82 Å². The highest BCUT2D eigenvalue weighted by Crippen LogP contribution is 2.23. The summed E-state index contributed by atoms with van der Waals surface area (Å²) in [6.07, 6.45) is 4.88. The van der Waals surface area contributed by atoms with Gasteiger partial charge in [0, 0.05) is 16.9 Å². The second-order valence-corrected chi connectivity index (χ2v) is 5.71. The maximum absolute atomic E-state index is 13.1. The van der Waals surface area contributed by atoms with Gasteiger partial charge in [0.1, 0.15) is 5.82 Å². The summed E-state index contributed by atoms with van der Waals surface area (Å²) >= 11 is 3.29. The van der Waals surface area contributed by atoms with Crippen molar-refractivity contribution in [3.8, 4) is 0 Å². The molecule has 1 saturated heterocycles. The highest BCUT2D eigenvalue weighted by molar-refractivity contribution is 9.10. The van der Waals surface area contributed by atoms with Crippen LogP contribution < -0.4 is 10.6 Å². The second-order valence-electron chi connectivity index (χ2n) is 4.86. The number of anilines is 1. The Hall–Kier alpha value is -0.940. The average molecular weight is 329 g/mol. The Kier molecular flexibility index (Phi) is 5.34. The number of piperidine rings is 1. The number of halogens is 2. The molecule has 0 bridgehead atoms. The SMILES string of the molecule is O=C(CCC1CCCCN1)Nc1cc(F)ccc1Br. The molecule has 1 fully saturated rings. The molecule has 0 aromatic heterocycles. The monoisotopic (exact) mass is 328 g/mol. The van der Waals surface area contributed by atoms with E-state index in [0.29, 0.717) is 22.6 Å². The molecule has 0 saturated carbocycles. The van der Waals surface area contributed by atoms with E-state index < -0.39 is 0 Å². The van der Waals surface area contributed by atoms with Gasteiger partial charge in [0.05, 0.1) is 5.69 Å². The van der Waals surface area contributed by atoms with Crippen LogP contribution in [-0.4, -0.2) is 18.5 Å². The molecule has 0 aliphatic carbocycles. The molecule has 5 heteroatoms. The number of nitrogens with one attached hydrogen (secondary N) is 2. The van der Waals surface area contributed by atoms with Gasteiger partial charge in [-0.25, -0.2) is 4.39 Å². The summed E-state index contributed by atoms with van der Waals surface area (Å²) in [5.74, 6) is -0.425. The molecular weight excluding hydrogens is 311 g/mol. The summed E-state index contributed by atoms with van der Waals surface area (Å²) in [4.78, 5) is 11.8. The topological polar surface area (TPSA) is 41.1 Å². The molecule has 1 unspecified atom stereocenters. The number of benzene rings is 1. The Bertz CT molecular complexity index is 447. The number of carbonyl (C=O) groups excluding carboxylic acids is 1. The van der Waals surface area contributed by atoms with Crippen LogP contribution in [0.1, 0.15) is 32.1 Å². The first kappa shape index (κ1) is 14.5. The van der Waals surface area contributed by atoms with Crippen LogP contribution in [0.2, 0.25) is 0 Å². The van der Waals surface area contributed by atoms with E-state index in [4.69, 9.17) is 0 Å². The smallest absolute Gasteiger partial charge is 0.224 e. The standard InChI is InChI=1S/C14H18BrFN2O/c15-12-6-4-10(16)9-13(12)18-14(19)7-5-11-3-1-2-8-17-11/h4,6,9,11,17H,1-3,5,7-8H2,(H,18,19). The van der Waals surface area contributed by atoms with Crippen LogP contribution in [0.5, 0.6) is 0 Å². The summed E-state index contributed by atoms with van der Waals surface area (Å²) in [6.45, 7) is 1.04. The van der Waals surface area contributed by atoms with E-state index in [2.05, 4.69) is 26.6 Å². The van der Waals surface area contributed by atoms with E-state index in [1.807, 2.05) is 0 Å². The molecule has 104 valence electrons. The maximum Gasteiger partial charge on any atom is 0.224 e. The van der Waals surface area contributed by atoms with Crippen molar-refractivity contribution in [2.45, 2.75) is 38.1 Å². The molecule has 0 spiro atoms. The van der Waals surface area contributed by atoms with Gasteiger partial charge in [-0.05, 0) is 59.9 Å². The normalized spacial score (nSPS) is 19.2. The average Bonchev–Trinajstić information content (AvgIpc) is 2.42. The third-order valence-corrected chi connectivity index (χ3v) is 4.03. The number of carbonyl (C=O) groups is 1. The number of hydrogen-bond acceptors (Lipinski definition) is 2. The van der Waals surface area contributed by atoms with Crippen LogP contribution in [0.4, 0.5) is 10.1 Å². The van der Waals surface area contributed by atoms with Gasteiger partial charge in [0.15, 0.2) is 0 Å². The molecule has 1 atom stereocenters. The summed E-state index contributed by atoms with van der Waals surface area (Å²) in [5, 5.41) is 6.15. The maximum atomic E-state index is 13.1. The van der Waals surface area contributed by atoms with Gasteiger partial charge in [0.25, 0.3) is 0 Å². The molecule has 19 heavy (non-hydrogen) atoms. The van der Waals surface area contributed by atoms with Crippen LogP contribution >= 0.6 is 15.9 Å². The second kappa shape index (κ2) is 7.01. The fraction of sp³-hybridized carbons (Fsp3) is 0.500. The lowest BCUT2D eigenvalue weighted by Gasteiger charge is -2.23. The lowest BCUT2D eigenvalue weighted by atomic mass is 10.0. The van der Waals surface area contributed by atoms with E-state index in [0.717, 1.165) is 19.4 Å². The first-order chi connectivity index (χ1) is 9.15. The number of hydrogen-bond donors (Lipinski definition) is 2. The molecular formula is C14H18BrFN2O. The van der Waals surface area contributed by atoms with Crippen LogP contribution in [-0.2, 0) is 4.79 Å². The quantitative estimate of drug-likeness (QED) is 0.888. The van der Waals surface area contributed by atoms with Gasteiger partial charge in [-0.1, -0.05) is 6.42 Å². The molecule has 1 heterocycles. The molecule has 3 nitrogen and oxygen atoms in total. The van der Waals surface area contributed by atoms with Crippen molar-refractivity contribution in [2.24, 2.45) is 0 Å². The van der Waals surface area contributed by atoms with Crippen molar-refractivity contribution >= 4 is 27.5 Å². The van der Waals surface area contributed by atoms with Gasteiger partial charge >= 0.3 is 0 Å². The molecule has 1 aromatic carbocycles. The molecule has 0 radical (unpaired) electrons. The Morgan fingerprint density at radius 3 is 3.05 bits per heavy atom. The molecule has 1 aromatic rings. The first-order valence-electron chi connectivity index (χ1n) is 6.63. The van der Waals surface area contributed by atoms with Crippen molar-refractivity contribution in [2.75, 3.05) is 11.9 Å². The van der Waals surface area contributed by atoms with Crippen molar-refractivity contribution in [1.82, 2.24) is 5.32 Å². The Labute approximate surface area is 121 Å². The summed E-state index contributed by atoms with van der Waals surface area (Å²) in [5.41, 5.74) is 0.488. The van der Waals surface area contributed by atoms with E-state index in [1.165, 1.54) is 25.0 Å². The zero-order valence-corrected chi connectivity index (χ0v) is 12.3. The Balaban J connectivity index is 1.81. The van der Waals surface area contributed by atoms with Gasteiger partial charge in [-0.3, -0.25) is 4.79 Å². The summed E-state index contributed by atoms with van der Waals surface area (Å²) in [7, 11) is 0. The predicted molar refractivity (Wildman–Crippen MR) is 77.6 cm³/mol. The van der Waals surface area contributed by atoms with Gasteiger partial charge < -0.3 is 10.6 Å². The highest BCUT2D eigenvalue weighted by atomic mass is 79.9. The first-order valence-corrected chi connectivity index (χ1v) is 7.43. The highest BCUT2D eigenvalue weighted by Gasteiger charge is 2.14. The van der Waals surface area contributed by atoms with Crippen LogP contribution in [0.3, 0.4) is 0 Å². The third-order valence-electron chi connectivity index (χ3n) is 3.33. The summed E-state index contributed by atoms with van der Waals surface area (Å²) < 4.78 is 13.8. The molecule has 1 amide bonds. The van der Waals surface area contributed by atoms with Crippen molar-refractivity contribution < 1.29 is 9.18 Å². The Morgan fingerprint density at radius 1 is 1.47 bits per heavy atom. The zero-order valence-electron chi connectivity index (χ0n) is 10.7. The minimum absolute atomic E-state index is 0.0707. The van der Waals surface area contributed by atoms with E-state index in [1.54, 1.807) is 6.07 Å². The fourth-order valence-electron chi connectivity index (χ4n) is 2.28. The minimum atomic E-state index is -0.354. The fourth-order valence-corrected chi connectivity index (χ4v) is 2.63. The Morgan fingerprint density at radius 2 is 2.32 bits per heavy atom. The number of amides is 1. The van der Waals surface area contributed by atoms with E-state index >= 15 is 0 Å². The molecule has 1 aliphatic rings. The molecule has 2 N–H and O–H groups in total. The predicted octanol–water partition coefficient (Wildman–Crippen LogP) is 3.45. The summed E-state index contributed by atoms with van der Waals surface area (Å²) in [6, 6.07) is 4.70. The van der Waals surface area contributed by atoms with E-state index in [-0.39, 0.29) is 11.7 Å². The van der Waals surface area contributed by atoms with Crippen molar-refractivity contribution in [1.29, 1.82) is 0 Å². The minimum Gasteiger partial charge on any atom is -0.325 e.